The third-order valence-corrected chi connectivity index (χ3v) is 7.09. The summed E-state index contributed by atoms with van der Waals surface area (Å²) in [6.45, 7) is 3.54. The first-order valence-electron chi connectivity index (χ1n) is 11.3. The van der Waals surface area contributed by atoms with Crippen LogP contribution in [0.3, 0.4) is 0 Å². The molecule has 3 aromatic rings. The van der Waals surface area contributed by atoms with Crippen LogP contribution in [-0.2, 0) is 10.0 Å². The Morgan fingerprint density at radius 1 is 1.22 bits per heavy atom. The third-order valence-electron chi connectivity index (χ3n) is 5.32. The zero-order chi connectivity index (χ0) is 24.8. The molecule has 36 heavy (non-hydrogen) atoms. The number of aromatic nitrogens is 3. The normalized spacial score (nSPS) is 15.6. The van der Waals surface area contributed by atoms with E-state index in [1.165, 1.54) is 18.3 Å². The second-order valence-corrected chi connectivity index (χ2v) is 10.3. The fourth-order valence-electron chi connectivity index (χ4n) is 3.69. The molecule has 1 aliphatic rings. The molecule has 1 aliphatic heterocycles. The summed E-state index contributed by atoms with van der Waals surface area (Å²) < 4.78 is 47.5. The van der Waals surface area contributed by atoms with Gasteiger partial charge >= 0.3 is 0 Å². The van der Waals surface area contributed by atoms with Crippen molar-refractivity contribution in [1.82, 2.24) is 20.3 Å². The first-order valence-corrected chi connectivity index (χ1v) is 13.3. The number of piperidine rings is 1. The number of hydrogen-bond acceptors (Lipinski definition) is 8. The second kappa shape index (κ2) is 12.5. The van der Waals surface area contributed by atoms with Gasteiger partial charge in [0, 0.05) is 25.0 Å². The Bertz CT molecular complexity index is 1290. The Labute approximate surface area is 220 Å². The predicted octanol–water partition coefficient (Wildman–Crippen LogP) is 4.86. The quantitative estimate of drug-likeness (QED) is 0.342. The maximum absolute atomic E-state index is 15.2. The lowest BCUT2D eigenvalue weighted by molar-refractivity contribution is 0.430. The van der Waals surface area contributed by atoms with Crippen molar-refractivity contribution in [2.45, 2.75) is 32.2 Å². The van der Waals surface area contributed by atoms with E-state index in [2.05, 4.69) is 30.3 Å². The summed E-state index contributed by atoms with van der Waals surface area (Å²) in [6.07, 6.45) is 5.58. The second-order valence-electron chi connectivity index (χ2n) is 8.07. The molecule has 1 fully saturated rings. The van der Waals surface area contributed by atoms with Gasteiger partial charge in [0.05, 0.1) is 27.7 Å². The molecular formula is C23H27Cl2FN6O3S. The van der Waals surface area contributed by atoms with Crippen LogP contribution < -0.4 is 20.1 Å². The number of pyridine rings is 1. The van der Waals surface area contributed by atoms with Crippen LogP contribution in [-0.4, -0.2) is 48.3 Å². The number of anilines is 2. The largest absolute Gasteiger partial charge is 0.434 e. The van der Waals surface area contributed by atoms with Crippen molar-refractivity contribution in [2.75, 3.05) is 28.9 Å². The van der Waals surface area contributed by atoms with Crippen molar-refractivity contribution < 1.29 is 17.5 Å². The highest BCUT2D eigenvalue weighted by molar-refractivity contribution is 7.92. The highest BCUT2D eigenvalue weighted by Crippen LogP contribution is 2.38. The van der Waals surface area contributed by atoms with E-state index < -0.39 is 15.8 Å². The predicted molar refractivity (Wildman–Crippen MR) is 141 cm³/mol. The molecule has 0 spiro atoms. The van der Waals surface area contributed by atoms with Gasteiger partial charge in [0.1, 0.15) is 0 Å². The van der Waals surface area contributed by atoms with Gasteiger partial charge in [-0.2, -0.15) is 0 Å². The van der Waals surface area contributed by atoms with Crippen LogP contribution in [0.2, 0.25) is 5.02 Å². The fourth-order valence-corrected chi connectivity index (χ4v) is 5.01. The molecular weight excluding hydrogens is 530 g/mol. The Hall–Kier alpha value is -2.73. The van der Waals surface area contributed by atoms with Gasteiger partial charge in [0.2, 0.25) is 21.9 Å². The maximum Gasteiger partial charge on any atom is 0.232 e. The van der Waals surface area contributed by atoms with E-state index in [1.54, 1.807) is 31.3 Å². The average Bonchev–Trinajstić information content (AvgIpc) is 2.84. The molecule has 2 aromatic heterocycles. The monoisotopic (exact) mass is 556 g/mol. The van der Waals surface area contributed by atoms with Crippen LogP contribution >= 0.6 is 24.0 Å². The number of benzene rings is 1. The van der Waals surface area contributed by atoms with Crippen LogP contribution in [0, 0.1) is 5.82 Å². The van der Waals surface area contributed by atoms with Crippen LogP contribution in [0.15, 0.2) is 42.7 Å². The van der Waals surface area contributed by atoms with Gasteiger partial charge in [0.15, 0.2) is 11.6 Å². The SMILES string of the molecule is CCCS(=O)(=O)Nc1ccc(Cl)c(Oc2ncccc2-c2ccnc(NC3CCCNC3)n2)c1F.Cl. The number of nitrogens with zero attached hydrogens (tertiary/aromatic N) is 3. The number of sulfonamides is 1. The van der Waals surface area contributed by atoms with Crippen LogP contribution in [0.1, 0.15) is 26.2 Å². The van der Waals surface area contributed by atoms with Gasteiger partial charge in [-0.3, -0.25) is 4.72 Å². The molecule has 0 amide bonds. The Balaban J connectivity index is 0.00000361. The smallest absolute Gasteiger partial charge is 0.232 e. The first-order chi connectivity index (χ1) is 16.9. The van der Waals surface area contributed by atoms with Crippen molar-refractivity contribution in [3.05, 3.63) is 53.6 Å². The zero-order valence-electron chi connectivity index (χ0n) is 19.5. The van der Waals surface area contributed by atoms with E-state index in [9.17, 15) is 8.42 Å². The van der Waals surface area contributed by atoms with Gasteiger partial charge in [-0.15, -0.1) is 12.4 Å². The lowest BCUT2D eigenvalue weighted by Gasteiger charge is -2.23. The number of halogens is 3. The van der Waals surface area contributed by atoms with Crippen molar-refractivity contribution in [3.63, 3.8) is 0 Å². The van der Waals surface area contributed by atoms with Crippen molar-refractivity contribution in [1.29, 1.82) is 0 Å². The van der Waals surface area contributed by atoms with Gasteiger partial charge in [0.25, 0.3) is 0 Å². The Kier molecular flexibility index (Phi) is 9.66. The lowest BCUT2D eigenvalue weighted by Crippen LogP contribution is -2.38. The van der Waals surface area contributed by atoms with Gasteiger partial charge < -0.3 is 15.4 Å². The molecule has 13 heteroatoms. The first kappa shape index (κ1) is 27.9. The topological polar surface area (TPSA) is 118 Å². The van der Waals surface area contributed by atoms with E-state index in [-0.39, 0.29) is 46.5 Å². The summed E-state index contributed by atoms with van der Waals surface area (Å²) in [6, 6.07) is 7.96. The molecule has 1 aromatic carbocycles. The summed E-state index contributed by atoms with van der Waals surface area (Å²) in [7, 11) is -3.71. The molecule has 9 nitrogen and oxygen atoms in total. The number of rotatable bonds is 9. The molecule has 0 radical (unpaired) electrons. The highest BCUT2D eigenvalue weighted by atomic mass is 35.5. The standard InChI is InChI=1S/C23H26ClFN6O3S.ClH/c1-2-13-35(32,33)31-19-8-7-17(24)21(20(19)25)34-22-16(6-4-11-27-22)18-9-12-28-23(30-18)29-15-5-3-10-26-14-15;/h4,6-9,11-12,15,26,31H,2-3,5,10,13-14H2,1H3,(H,28,29,30);1H. The number of hydrogen-bond donors (Lipinski definition) is 3. The van der Waals surface area contributed by atoms with Crippen LogP contribution in [0.25, 0.3) is 11.3 Å². The van der Waals surface area contributed by atoms with Crippen LogP contribution in [0.4, 0.5) is 16.0 Å². The minimum atomic E-state index is -3.71. The molecule has 4 rings (SSSR count). The van der Waals surface area contributed by atoms with E-state index in [1.807, 2.05) is 0 Å². The number of ether oxygens (including phenoxy) is 1. The zero-order valence-corrected chi connectivity index (χ0v) is 21.9. The average molecular weight is 557 g/mol. The summed E-state index contributed by atoms with van der Waals surface area (Å²) >= 11 is 6.20. The van der Waals surface area contributed by atoms with Crippen molar-refractivity contribution >= 4 is 45.7 Å². The number of nitrogens with one attached hydrogen (secondary N) is 3. The molecule has 194 valence electrons. The summed E-state index contributed by atoms with van der Waals surface area (Å²) in [5.74, 6) is -0.905. The van der Waals surface area contributed by atoms with Crippen molar-refractivity contribution in [3.8, 4) is 22.9 Å². The minimum Gasteiger partial charge on any atom is -0.434 e. The van der Waals surface area contributed by atoms with E-state index in [4.69, 9.17) is 16.3 Å². The Morgan fingerprint density at radius 2 is 2.06 bits per heavy atom. The molecule has 1 unspecified atom stereocenters. The van der Waals surface area contributed by atoms with Gasteiger partial charge in [-0.25, -0.2) is 27.8 Å². The van der Waals surface area contributed by atoms with E-state index in [0.717, 1.165) is 25.9 Å². The van der Waals surface area contributed by atoms with Crippen molar-refractivity contribution in [2.24, 2.45) is 0 Å². The van der Waals surface area contributed by atoms with E-state index >= 15 is 4.39 Å². The lowest BCUT2D eigenvalue weighted by atomic mass is 10.1. The highest BCUT2D eigenvalue weighted by Gasteiger charge is 2.21. The molecule has 3 heterocycles. The third kappa shape index (κ3) is 6.94. The molecule has 0 saturated carbocycles. The van der Waals surface area contributed by atoms with Gasteiger partial charge in [-0.05, 0) is 56.1 Å². The summed E-state index contributed by atoms with van der Waals surface area (Å²) in [4.78, 5) is 13.1. The molecule has 1 atom stereocenters. The molecule has 1 saturated heterocycles. The van der Waals surface area contributed by atoms with Crippen LogP contribution in [0.5, 0.6) is 11.6 Å². The van der Waals surface area contributed by atoms with E-state index in [0.29, 0.717) is 23.6 Å². The molecule has 0 bridgehead atoms. The Morgan fingerprint density at radius 3 is 2.81 bits per heavy atom. The maximum atomic E-state index is 15.2. The summed E-state index contributed by atoms with van der Waals surface area (Å²) in [5, 5.41) is 6.63. The fraction of sp³-hybridized carbons (Fsp3) is 0.348. The summed E-state index contributed by atoms with van der Waals surface area (Å²) in [5.41, 5.74) is 0.753. The van der Waals surface area contributed by atoms with Gasteiger partial charge in [-0.1, -0.05) is 18.5 Å². The molecule has 3 N–H and O–H groups in total. The molecule has 0 aliphatic carbocycles. The minimum absolute atomic E-state index is 0.